The van der Waals surface area contributed by atoms with Crippen molar-refractivity contribution in [2.75, 3.05) is 13.1 Å². The van der Waals surface area contributed by atoms with Crippen LogP contribution in [0.3, 0.4) is 0 Å². The van der Waals surface area contributed by atoms with Gasteiger partial charge < -0.3 is 10.6 Å². The fourth-order valence-electron chi connectivity index (χ4n) is 3.39. The lowest BCUT2D eigenvalue weighted by Gasteiger charge is -2.35. The summed E-state index contributed by atoms with van der Waals surface area (Å²) in [5.41, 5.74) is 5.98. The molecule has 0 spiro atoms. The predicted octanol–water partition coefficient (Wildman–Crippen LogP) is 2.15. The van der Waals surface area contributed by atoms with Gasteiger partial charge in [0.15, 0.2) is 0 Å². The van der Waals surface area contributed by atoms with E-state index < -0.39 is 0 Å². The number of piperidine rings is 1. The van der Waals surface area contributed by atoms with Crippen molar-refractivity contribution >= 4 is 5.91 Å². The summed E-state index contributed by atoms with van der Waals surface area (Å²) in [6, 6.07) is 0.189. The van der Waals surface area contributed by atoms with Crippen LogP contribution >= 0.6 is 0 Å². The van der Waals surface area contributed by atoms with Crippen molar-refractivity contribution in [2.45, 2.75) is 57.9 Å². The Kier molecular flexibility index (Phi) is 4.43. The molecule has 17 heavy (non-hydrogen) atoms. The summed E-state index contributed by atoms with van der Waals surface area (Å²) in [5, 5.41) is 0. The van der Waals surface area contributed by atoms with E-state index in [1.807, 2.05) is 4.90 Å². The lowest BCUT2D eigenvalue weighted by Crippen LogP contribution is -2.48. The first-order chi connectivity index (χ1) is 8.15. The third-order valence-corrected chi connectivity index (χ3v) is 4.29. The minimum atomic E-state index is 0.189. The summed E-state index contributed by atoms with van der Waals surface area (Å²) in [6.07, 6.45) is 8.30. The largest absolute Gasteiger partial charge is 0.341 e. The van der Waals surface area contributed by atoms with E-state index in [0.29, 0.717) is 11.8 Å². The third kappa shape index (κ3) is 3.70. The molecule has 2 N–H and O–H groups in total. The molecule has 1 heterocycles. The van der Waals surface area contributed by atoms with Crippen LogP contribution in [0.2, 0.25) is 0 Å². The van der Waals surface area contributed by atoms with Gasteiger partial charge in [0.2, 0.25) is 5.91 Å². The number of carbonyl (C=O) groups is 1. The van der Waals surface area contributed by atoms with Gasteiger partial charge in [0.05, 0.1) is 0 Å². The van der Waals surface area contributed by atoms with Crippen LogP contribution in [-0.2, 0) is 4.79 Å². The average molecular weight is 238 g/mol. The van der Waals surface area contributed by atoms with Crippen molar-refractivity contribution in [3.63, 3.8) is 0 Å². The van der Waals surface area contributed by atoms with E-state index in [4.69, 9.17) is 5.73 Å². The van der Waals surface area contributed by atoms with E-state index >= 15 is 0 Å². The summed E-state index contributed by atoms with van der Waals surface area (Å²) < 4.78 is 0. The second-order valence-electron chi connectivity index (χ2n) is 6.09. The molecular weight excluding hydrogens is 212 g/mol. The van der Waals surface area contributed by atoms with Crippen molar-refractivity contribution < 1.29 is 4.79 Å². The first-order valence-corrected chi connectivity index (χ1v) is 7.18. The molecule has 3 nitrogen and oxygen atoms in total. The maximum atomic E-state index is 12.1. The number of nitrogens with zero attached hydrogens (tertiary/aromatic N) is 1. The van der Waals surface area contributed by atoms with Gasteiger partial charge in [-0.05, 0) is 24.7 Å². The van der Waals surface area contributed by atoms with E-state index in [0.717, 1.165) is 38.3 Å². The summed E-state index contributed by atoms with van der Waals surface area (Å²) in [7, 11) is 0. The number of nitrogens with two attached hydrogens (primary N) is 1. The lowest BCUT2D eigenvalue weighted by molar-refractivity contribution is -0.133. The molecule has 2 unspecified atom stereocenters. The van der Waals surface area contributed by atoms with Gasteiger partial charge in [0.1, 0.15) is 0 Å². The van der Waals surface area contributed by atoms with E-state index in [-0.39, 0.29) is 6.04 Å². The normalized spacial score (nSPS) is 30.8. The Morgan fingerprint density at radius 1 is 1.29 bits per heavy atom. The van der Waals surface area contributed by atoms with Crippen molar-refractivity contribution in [1.29, 1.82) is 0 Å². The minimum Gasteiger partial charge on any atom is -0.341 e. The van der Waals surface area contributed by atoms with Crippen LogP contribution in [0.15, 0.2) is 0 Å². The molecule has 2 fully saturated rings. The molecule has 0 aromatic heterocycles. The third-order valence-electron chi connectivity index (χ3n) is 4.29. The summed E-state index contributed by atoms with van der Waals surface area (Å²) >= 11 is 0. The molecule has 0 bridgehead atoms. The number of rotatable bonds is 3. The zero-order valence-electron chi connectivity index (χ0n) is 11.0. The van der Waals surface area contributed by atoms with Gasteiger partial charge in [-0.3, -0.25) is 4.79 Å². The Balaban J connectivity index is 1.74. The zero-order valence-corrected chi connectivity index (χ0v) is 11.0. The van der Waals surface area contributed by atoms with E-state index in [1.165, 1.54) is 25.7 Å². The van der Waals surface area contributed by atoms with Gasteiger partial charge in [-0.2, -0.15) is 0 Å². The van der Waals surface area contributed by atoms with Crippen LogP contribution in [0, 0.1) is 11.8 Å². The molecule has 1 aliphatic heterocycles. The molecule has 1 aliphatic carbocycles. The van der Waals surface area contributed by atoms with Gasteiger partial charge in [0, 0.05) is 25.6 Å². The topological polar surface area (TPSA) is 46.3 Å². The zero-order chi connectivity index (χ0) is 12.3. The highest BCUT2D eigenvalue weighted by atomic mass is 16.2. The maximum absolute atomic E-state index is 12.1. The number of hydrogen-bond donors (Lipinski definition) is 1. The number of hydrogen-bond acceptors (Lipinski definition) is 2. The van der Waals surface area contributed by atoms with Gasteiger partial charge in [-0.25, -0.2) is 0 Å². The van der Waals surface area contributed by atoms with Crippen LogP contribution in [0.5, 0.6) is 0 Å². The molecule has 2 rings (SSSR count). The fourth-order valence-corrected chi connectivity index (χ4v) is 3.39. The molecule has 0 aromatic carbocycles. The molecule has 0 aromatic rings. The molecule has 98 valence electrons. The highest BCUT2D eigenvalue weighted by molar-refractivity contribution is 5.76. The molecule has 1 amide bonds. The van der Waals surface area contributed by atoms with E-state index in [1.54, 1.807) is 0 Å². The molecule has 0 radical (unpaired) electrons. The summed E-state index contributed by atoms with van der Waals surface area (Å²) in [4.78, 5) is 14.1. The standard InChI is InChI=1S/C14H26N2O/c1-11-8-13(15)10-16(9-11)14(17)7-6-12-4-2-3-5-12/h11-13H,2-10,15H2,1H3. The summed E-state index contributed by atoms with van der Waals surface area (Å²) in [6.45, 7) is 3.88. The molecular formula is C14H26N2O. The average Bonchev–Trinajstić information content (AvgIpc) is 2.77. The molecule has 3 heteroatoms. The Hall–Kier alpha value is -0.570. The minimum absolute atomic E-state index is 0.189. The van der Waals surface area contributed by atoms with Crippen molar-refractivity contribution in [3.05, 3.63) is 0 Å². The smallest absolute Gasteiger partial charge is 0.222 e. The maximum Gasteiger partial charge on any atom is 0.222 e. The Morgan fingerprint density at radius 3 is 2.65 bits per heavy atom. The molecule has 1 saturated heterocycles. The number of amides is 1. The Bertz CT molecular complexity index is 251. The SMILES string of the molecule is CC1CC(N)CN(C(=O)CCC2CCCC2)C1. The number of carbonyl (C=O) groups excluding carboxylic acids is 1. The van der Waals surface area contributed by atoms with Gasteiger partial charge in [-0.1, -0.05) is 32.6 Å². The second-order valence-corrected chi connectivity index (χ2v) is 6.09. The molecule has 2 atom stereocenters. The second kappa shape index (κ2) is 5.85. The highest BCUT2D eigenvalue weighted by Gasteiger charge is 2.26. The van der Waals surface area contributed by atoms with Crippen molar-refractivity contribution in [1.82, 2.24) is 4.90 Å². The van der Waals surface area contributed by atoms with Gasteiger partial charge in [-0.15, -0.1) is 0 Å². The van der Waals surface area contributed by atoms with Crippen molar-refractivity contribution in [2.24, 2.45) is 17.6 Å². The van der Waals surface area contributed by atoms with Crippen molar-refractivity contribution in [3.8, 4) is 0 Å². The predicted molar refractivity (Wildman–Crippen MR) is 69.5 cm³/mol. The van der Waals surface area contributed by atoms with Crippen LogP contribution in [0.1, 0.15) is 51.9 Å². The first-order valence-electron chi connectivity index (χ1n) is 7.18. The van der Waals surface area contributed by atoms with E-state index in [2.05, 4.69) is 6.92 Å². The highest BCUT2D eigenvalue weighted by Crippen LogP contribution is 2.29. The summed E-state index contributed by atoms with van der Waals surface area (Å²) in [5.74, 6) is 1.71. The Morgan fingerprint density at radius 2 is 2.00 bits per heavy atom. The van der Waals surface area contributed by atoms with Gasteiger partial charge in [0.25, 0.3) is 0 Å². The van der Waals surface area contributed by atoms with Gasteiger partial charge >= 0.3 is 0 Å². The number of likely N-dealkylation sites (tertiary alicyclic amines) is 1. The van der Waals surface area contributed by atoms with Crippen LogP contribution < -0.4 is 5.73 Å². The lowest BCUT2D eigenvalue weighted by atomic mass is 9.95. The molecule has 2 aliphatic rings. The fraction of sp³-hybridized carbons (Fsp3) is 0.929. The monoisotopic (exact) mass is 238 g/mol. The van der Waals surface area contributed by atoms with Crippen LogP contribution in [0.25, 0.3) is 0 Å². The quantitative estimate of drug-likeness (QED) is 0.819. The van der Waals surface area contributed by atoms with Crippen LogP contribution in [-0.4, -0.2) is 29.9 Å². The molecule has 1 saturated carbocycles. The van der Waals surface area contributed by atoms with E-state index in [9.17, 15) is 4.79 Å². The Labute approximate surface area is 105 Å². The van der Waals surface area contributed by atoms with Crippen LogP contribution in [0.4, 0.5) is 0 Å². The first kappa shape index (κ1) is 12.9.